The van der Waals surface area contributed by atoms with Crippen LogP contribution in [0.4, 0.5) is 0 Å². The molecular formula is C18H19NO9. The van der Waals surface area contributed by atoms with Crippen LogP contribution in [0.1, 0.15) is 0 Å². The van der Waals surface area contributed by atoms with Crippen LogP contribution in [0.5, 0.6) is 5.75 Å². The second-order valence-corrected chi connectivity index (χ2v) is 6.21. The lowest BCUT2D eigenvalue weighted by Gasteiger charge is -2.37. The summed E-state index contributed by atoms with van der Waals surface area (Å²) in [6, 6.07) is 9.12. The van der Waals surface area contributed by atoms with E-state index in [0.29, 0.717) is 22.6 Å². The average molecular weight is 393 g/mol. The summed E-state index contributed by atoms with van der Waals surface area (Å²) in [5.74, 6) is 0.529. The molecule has 28 heavy (non-hydrogen) atoms. The summed E-state index contributed by atoms with van der Waals surface area (Å²) in [6.07, 6.45) is -7.04. The predicted molar refractivity (Wildman–Crippen MR) is 94.6 cm³/mol. The van der Waals surface area contributed by atoms with Gasteiger partial charge in [0.05, 0.1) is 6.61 Å². The van der Waals surface area contributed by atoms with Crippen molar-refractivity contribution in [3.63, 3.8) is 0 Å². The minimum absolute atomic E-state index is 0.107. The Hall–Kier alpha value is -2.60. The first-order chi connectivity index (χ1) is 13.3. The summed E-state index contributed by atoms with van der Waals surface area (Å²) < 4.78 is 10.1. The van der Waals surface area contributed by atoms with Crippen molar-refractivity contribution in [2.45, 2.75) is 30.7 Å². The van der Waals surface area contributed by atoms with E-state index in [-0.39, 0.29) is 11.2 Å². The molecule has 150 valence electrons. The molecule has 2 heterocycles. The molecule has 2 aliphatic heterocycles. The second-order valence-electron chi connectivity index (χ2n) is 6.21. The SMILES string of the molecule is O=c1ccc2nc3ccc(O)cc3oc-2c1.OC[C@H]1O[C@@H](O)[C@H](O)[C@@H](O)[C@H]1O. The van der Waals surface area contributed by atoms with Crippen LogP contribution in [0.3, 0.4) is 0 Å². The van der Waals surface area contributed by atoms with E-state index < -0.39 is 37.3 Å². The summed E-state index contributed by atoms with van der Waals surface area (Å²) in [5.41, 5.74) is 1.59. The van der Waals surface area contributed by atoms with E-state index in [4.69, 9.17) is 29.9 Å². The highest BCUT2D eigenvalue weighted by atomic mass is 16.6. The van der Waals surface area contributed by atoms with Gasteiger partial charge >= 0.3 is 0 Å². The summed E-state index contributed by atoms with van der Waals surface area (Å²) in [5, 5.41) is 54.0. The molecule has 1 aromatic rings. The van der Waals surface area contributed by atoms with Gasteiger partial charge in [0.25, 0.3) is 0 Å². The number of phenolic OH excluding ortho intramolecular Hbond substituents is 1. The fourth-order valence-electron chi connectivity index (χ4n) is 2.68. The lowest BCUT2D eigenvalue weighted by atomic mass is 10.00. The van der Waals surface area contributed by atoms with E-state index in [1.54, 1.807) is 18.2 Å². The molecular weight excluding hydrogens is 374 g/mol. The Bertz CT molecular complexity index is 970. The first-order valence-corrected chi connectivity index (χ1v) is 8.32. The quantitative estimate of drug-likeness (QED) is 0.275. The average Bonchev–Trinajstić information content (AvgIpc) is 2.68. The molecule has 0 saturated carbocycles. The number of hydrogen-bond acceptors (Lipinski definition) is 10. The molecule has 0 aromatic heterocycles. The Kier molecular flexibility index (Phi) is 5.89. The molecule has 10 heteroatoms. The van der Waals surface area contributed by atoms with Gasteiger partial charge in [0.2, 0.25) is 0 Å². The van der Waals surface area contributed by atoms with Crippen molar-refractivity contribution in [3.05, 3.63) is 46.6 Å². The van der Waals surface area contributed by atoms with Crippen molar-refractivity contribution in [3.8, 4) is 17.2 Å². The largest absolute Gasteiger partial charge is 0.508 e. The Balaban J connectivity index is 0.000000169. The molecule has 0 unspecified atom stereocenters. The molecule has 0 radical (unpaired) electrons. The van der Waals surface area contributed by atoms with E-state index in [2.05, 4.69) is 9.72 Å². The van der Waals surface area contributed by atoms with Crippen LogP contribution in [-0.4, -0.2) is 72.9 Å². The molecule has 0 bridgehead atoms. The Morgan fingerprint density at radius 2 is 1.71 bits per heavy atom. The molecule has 1 aliphatic carbocycles. The van der Waals surface area contributed by atoms with Crippen LogP contribution < -0.4 is 5.43 Å². The van der Waals surface area contributed by atoms with E-state index in [0.717, 1.165) is 0 Å². The first kappa shape index (κ1) is 20.1. The molecule has 10 nitrogen and oxygen atoms in total. The van der Waals surface area contributed by atoms with Gasteiger partial charge in [-0.3, -0.25) is 4.79 Å². The monoisotopic (exact) mass is 393 g/mol. The van der Waals surface area contributed by atoms with E-state index in [9.17, 15) is 9.90 Å². The van der Waals surface area contributed by atoms with Crippen molar-refractivity contribution >= 4 is 11.1 Å². The third-order valence-electron chi connectivity index (χ3n) is 4.20. The molecule has 1 fully saturated rings. The number of aliphatic hydroxyl groups excluding tert-OH is 5. The van der Waals surface area contributed by atoms with Gasteiger partial charge in [0.1, 0.15) is 41.4 Å². The molecule has 5 atom stereocenters. The minimum atomic E-state index is -1.57. The van der Waals surface area contributed by atoms with Crippen LogP contribution in [0.15, 0.2) is 45.6 Å². The molecule has 3 aliphatic rings. The fraction of sp³-hybridized carbons (Fsp3) is 0.333. The van der Waals surface area contributed by atoms with Crippen LogP contribution >= 0.6 is 0 Å². The smallest absolute Gasteiger partial charge is 0.184 e. The van der Waals surface area contributed by atoms with Gasteiger partial charge in [-0.25, -0.2) is 4.98 Å². The van der Waals surface area contributed by atoms with Crippen molar-refractivity contribution in [1.29, 1.82) is 0 Å². The zero-order valence-electron chi connectivity index (χ0n) is 14.4. The molecule has 1 saturated heterocycles. The number of fused-ring (bicyclic) bond motifs is 2. The van der Waals surface area contributed by atoms with Crippen LogP contribution in [0.2, 0.25) is 0 Å². The normalized spacial score (nSPS) is 27.4. The number of aliphatic hydroxyl groups is 5. The maximum Gasteiger partial charge on any atom is 0.184 e. The van der Waals surface area contributed by atoms with Crippen molar-refractivity contribution < 1.29 is 39.8 Å². The highest BCUT2D eigenvalue weighted by Gasteiger charge is 2.42. The second kappa shape index (κ2) is 8.19. The maximum atomic E-state index is 11.1. The number of ether oxygens (including phenoxy) is 1. The van der Waals surface area contributed by atoms with Crippen LogP contribution in [0.25, 0.3) is 22.6 Å². The minimum Gasteiger partial charge on any atom is -0.508 e. The Labute approximate surface area is 157 Å². The van der Waals surface area contributed by atoms with Gasteiger partial charge in [-0.1, -0.05) is 0 Å². The number of benzene rings is 2. The lowest BCUT2D eigenvalue weighted by Crippen LogP contribution is -2.58. The predicted octanol–water partition coefficient (Wildman–Crippen LogP) is -1.22. The topological polar surface area (TPSA) is 174 Å². The lowest BCUT2D eigenvalue weighted by molar-refractivity contribution is -0.286. The molecule has 1 aromatic carbocycles. The zero-order valence-corrected chi connectivity index (χ0v) is 14.4. The van der Waals surface area contributed by atoms with Crippen LogP contribution in [0, 0.1) is 0 Å². The van der Waals surface area contributed by atoms with Crippen molar-refractivity contribution in [1.82, 2.24) is 4.98 Å². The Morgan fingerprint density at radius 1 is 0.964 bits per heavy atom. The number of nitrogens with zero attached hydrogens (tertiary/aromatic N) is 1. The summed E-state index contributed by atoms with van der Waals surface area (Å²) in [7, 11) is 0. The molecule has 0 amide bonds. The molecule has 4 rings (SSSR count). The zero-order chi connectivity index (χ0) is 20.4. The van der Waals surface area contributed by atoms with Gasteiger partial charge in [-0.05, 0) is 24.3 Å². The summed E-state index contributed by atoms with van der Waals surface area (Å²) in [6.45, 7) is -0.526. The first-order valence-electron chi connectivity index (χ1n) is 8.32. The maximum absolute atomic E-state index is 11.1. The fourth-order valence-corrected chi connectivity index (χ4v) is 2.68. The molecule has 6 N–H and O–H groups in total. The van der Waals surface area contributed by atoms with E-state index in [1.165, 1.54) is 18.2 Å². The number of hydrogen-bond donors (Lipinski definition) is 6. The van der Waals surface area contributed by atoms with E-state index >= 15 is 0 Å². The number of rotatable bonds is 1. The van der Waals surface area contributed by atoms with Crippen LogP contribution in [-0.2, 0) is 4.74 Å². The summed E-state index contributed by atoms with van der Waals surface area (Å²) in [4.78, 5) is 15.5. The third kappa shape index (κ3) is 4.12. The third-order valence-corrected chi connectivity index (χ3v) is 4.20. The van der Waals surface area contributed by atoms with Crippen molar-refractivity contribution in [2.75, 3.05) is 6.61 Å². The van der Waals surface area contributed by atoms with Gasteiger partial charge in [0.15, 0.2) is 23.1 Å². The van der Waals surface area contributed by atoms with Crippen molar-refractivity contribution in [2.24, 2.45) is 0 Å². The number of aromatic hydroxyl groups is 1. The highest BCUT2D eigenvalue weighted by molar-refractivity contribution is 5.77. The Morgan fingerprint density at radius 3 is 2.43 bits per heavy atom. The van der Waals surface area contributed by atoms with Gasteiger partial charge in [-0.15, -0.1) is 0 Å². The van der Waals surface area contributed by atoms with Gasteiger partial charge in [-0.2, -0.15) is 0 Å². The number of aromatic nitrogens is 1. The van der Waals surface area contributed by atoms with Gasteiger partial charge in [0, 0.05) is 12.1 Å². The van der Waals surface area contributed by atoms with Gasteiger partial charge < -0.3 is 39.8 Å². The standard InChI is InChI=1S/C12H7NO3.C6H12O6/c14-7-1-3-9-11(5-7)16-12-6-8(15)2-4-10(12)13-9;7-1-2-3(8)4(9)5(10)6(11)12-2/h1-6,14H;2-11H,1H2/t;2-,3+,4+,5-,6-/m.1/s1. The highest BCUT2D eigenvalue weighted by Crippen LogP contribution is 2.25. The molecule has 0 spiro atoms. The van der Waals surface area contributed by atoms with E-state index in [1.807, 2.05) is 0 Å². The number of phenols is 1. The summed E-state index contributed by atoms with van der Waals surface area (Å²) >= 11 is 0.